The van der Waals surface area contributed by atoms with Crippen LogP contribution >= 0.6 is 11.6 Å². The molecule has 2 aromatic heterocycles. The van der Waals surface area contributed by atoms with Crippen LogP contribution in [0, 0.1) is 30.1 Å². The fourth-order valence-electron chi connectivity index (χ4n) is 3.41. The van der Waals surface area contributed by atoms with E-state index in [2.05, 4.69) is 42.8 Å². The third-order valence-electron chi connectivity index (χ3n) is 5.52. The third-order valence-corrected chi connectivity index (χ3v) is 7.19. The normalized spacial score (nSPS) is 10.7. The largest absolute Gasteiger partial charge is 0.465 e. The molecule has 4 aromatic rings. The number of fused-ring (bicyclic) bond motifs is 1. The van der Waals surface area contributed by atoms with E-state index in [1.807, 2.05) is 18.4 Å². The number of nitrogens with one attached hydrogen (secondary N) is 2. The minimum absolute atomic E-state index is 0.116. The predicted octanol–water partition coefficient (Wildman–Crippen LogP) is 4.03. The number of benzene rings is 2. The summed E-state index contributed by atoms with van der Waals surface area (Å²) in [6.45, 7) is 4.94. The zero-order valence-electron chi connectivity index (χ0n) is 23.0. The van der Waals surface area contributed by atoms with Gasteiger partial charge in [0.1, 0.15) is 5.52 Å². The summed E-state index contributed by atoms with van der Waals surface area (Å²) in [5.41, 5.74) is 8.60. The van der Waals surface area contributed by atoms with Crippen LogP contribution in [0.25, 0.3) is 11.2 Å². The second kappa shape index (κ2) is 14.8. The van der Waals surface area contributed by atoms with Gasteiger partial charge in [-0.25, -0.2) is 32.9 Å². The SMILES string of the molecule is C#CCCn1cnc2c(N)nc(C#CC(C)C)nc21.O=C(O)NCc1ccc(S(=O)(=O)NCc2ccc(Cl)cc2)cc1. The van der Waals surface area contributed by atoms with E-state index < -0.39 is 16.1 Å². The Kier molecular flexibility index (Phi) is 11.3. The first-order valence-corrected chi connectivity index (χ1v) is 14.6. The Labute approximate surface area is 249 Å². The van der Waals surface area contributed by atoms with Crippen LogP contribution in [0.15, 0.2) is 59.8 Å². The molecule has 0 unspecified atom stereocenters. The fourth-order valence-corrected chi connectivity index (χ4v) is 4.55. The van der Waals surface area contributed by atoms with Crippen molar-refractivity contribution in [2.45, 2.75) is 44.8 Å². The molecule has 0 bridgehead atoms. The Hall–Kier alpha value is -4.62. The number of nitrogens with zero attached hydrogens (tertiary/aromatic N) is 4. The summed E-state index contributed by atoms with van der Waals surface area (Å²) in [6, 6.07) is 12.9. The summed E-state index contributed by atoms with van der Waals surface area (Å²) in [5, 5.41) is 11.3. The van der Waals surface area contributed by atoms with Crippen molar-refractivity contribution in [3.8, 4) is 24.2 Å². The average molecular weight is 608 g/mol. The van der Waals surface area contributed by atoms with E-state index in [0.717, 1.165) is 5.56 Å². The highest BCUT2D eigenvalue weighted by atomic mass is 35.5. The number of nitrogens with two attached hydrogens (primary N) is 1. The van der Waals surface area contributed by atoms with Gasteiger partial charge in [0.25, 0.3) is 0 Å². The smallest absolute Gasteiger partial charge is 0.404 e. The van der Waals surface area contributed by atoms with Crippen LogP contribution in [-0.2, 0) is 29.7 Å². The molecule has 0 fully saturated rings. The third kappa shape index (κ3) is 9.49. The van der Waals surface area contributed by atoms with Gasteiger partial charge in [0.05, 0.1) is 11.2 Å². The molecule has 218 valence electrons. The van der Waals surface area contributed by atoms with E-state index in [0.29, 0.717) is 46.4 Å². The van der Waals surface area contributed by atoms with E-state index in [-0.39, 0.29) is 23.9 Å². The lowest BCUT2D eigenvalue weighted by Gasteiger charge is -2.08. The molecule has 0 spiro atoms. The highest BCUT2D eigenvalue weighted by Crippen LogP contribution is 2.16. The number of hydrogen-bond acceptors (Lipinski definition) is 7. The highest BCUT2D eigenvalue weighted by molar-refractivity contribution is 7.89. The van der Waals surface area contributed by atoms with Gasteiger partial charge < -0.3 is 20.7 Å². The van der Waals surface area contributed by atoms with Gasteiger partial charge in [-0.05, 0) is 41.3 Å². The summed E-state index contributed by atoms with van der Waals surface area (Å²) in [5.74, 6) is 9.54. The zero-order chi connectivity index (χ0) is 30.7. The van der Waals surface area contributed by atoms with Gasteiger partial charge >= 0.3 is 6.09 Å². The lowest BCUT2D eigenvalue weighted by molar-refractivity contribution is 0.194. The second-order valence-electron chi connectivity index (χ2n) is 9.17. The van der Waals surface area contributed by atoms with Crippen LogP contribution in [0.2, 0.25) is 5.02 Å². The van der Waals surface area contributed by atoms with Crippen molar-refractivity contribution in [3.63, 3.8) is 0 Å². The minimum atomic E-state index is -3.64. The molecule has 0 atom stereocenters. The molecule has 5 N–H and O–H groups in total. The number of nitrogen functional groups attached to an aromatic ring is 1. The maximum Gasteiger partial charge on any atom is 0.404 e. The first kappa shape index (κ1) is 31.9. The van der Waals surface area contributed by atoms with E-state index in [1.54, 1.807) is 42.7 Å². The molecule has 13 heteroatoms. The van der Waals surface area contributed by atoms with Crippen molar-refractivity contribution in [1.82, 2.24) is 29.6 Å². The Morgan fingerprint density at radius 2 is 1.74 bits per heavy atom. The van der Waals surface area contributed by atoms with Gasteiger partial charge in [-0.2, -0.15) is 0 Å². The summed E-state index contributed by atoms with van der Waals surface area (Å²) in [6.07, 6.45) is 6.42. The van der Waals surface area contributed by atoms with E-state index in [1.165, 1.54) is 12.1 Å². The summed E-state index contributed by atoms with van der Waals surface area (Å²) >= 11 is 5.78. The number of rotatable bonds is 8. The monoisotopic (exact) mass is 607 g/mol. The summed E-state index contributed by atoms with van der Waals surface area (Å²) in [7, 11) is -3.64. The lowest BCUT2D eigenvalue weighted by Crippen LogP contribution is -2.23. The molecule has 4 rings (SSSR count). The molecule has 0 radical (unpaired) electrons. The number of imidazole rings is 1. The van der Waals surface area contributed by atoms with Crippen LogP contribution in [0.1, 0.15) is 37.2 Å². The molecule has 11 nitrogen and oxygen atoms in total. The van der Waals surface area contributed by atoms with Gasteiger partial charge in [-0.15, -0.1) is 12.3 Å². The van der Waals surface area contributed by atoms with Crippen molar-refractivity contribution in [1.29, 1.82) is 0 Å². The Bertz CT molecular complexity index is 1740. The van der Waals surface area contributed by atoms with Gasteiger partial charge in [0.2, 0.25) is 15.8 Å². The lowest BCUT2D eigenvalue weighted by atomic mass is 10.2. The minimum Gasteiger partial charge on any atom is -0.465 e. The molecule has 0 aliphatic carbocycles. The number of aromatic nitrogens is 4. The summed E-state index contributed by atoms with van der Waals surface area (Å²) in [4.78, 5) is 23.3. The van der Waals surface area contributed by atoms with Crippen LogP contribution in [0.4, 0.5) is 10.6 Å². The number of aryl methyl sites for hydroxylation is 1. The Morgan fingerprint density at radius 1 is 1.10 bits per heavy atom. The first-order valence-electron chi connectivity index (χ1n) is 12.7. The Morgan fingerprint density at radius 3 is 2.36 bits per heavy atom. The first-order chi connectivity index (χ1) is 20.0. The molecule has 2 heterocycles. The molecule has 0 aliphatic rings. The maximum atomic E-state index is 12.2. The van der Waals surface area contributed by atoms with Crippen LogP contribution in [0.5, 0.6) is 0 Å². The number of terminal acetylenes is 1. The number of halogens is 1. The Balaban J connectivity index is 0.000000235. The number of carbonyl (C=O) groups is 1. The average Bonchev–Trinajstić information content (AvgIpc) is 3.37. The fraction of sp³-hybridized carbons (Fsp3) is 0.241. The predicted molar refractivity (Wildman–Crippen MR) is 162 cm³/mol. The van der Waals surface area contributed by atoms with Crippen LogP contribution in [-0.4, -0.2) is 39.1 Å². The molecular formula is C29H30ClN7O4S. The van der Waals surface area contributed by atoms with Gasteiger partial charge in [-0.1, -0.05) is 55.6 Å². The van der Waals surface area contributed by atoms with Gasteiger partial charge in [0, 0.05) is 37.0 Å². The zero-order valence-corrected chi connectivity index (χ0v) is 24.6. The summed E-state index contributed by atoms with van der Waals surface area (Å²) < 4.78 is 28.8. The highest BCUT2D eigenvalue weighted by Gasteiger charge is 2.14. The second-order valence-corrected chi connectivity index (χ2v) is 11.4. The van der Waals surface area contributed by atoms with Crippen molar-refractivity contribution >= 4 is 44.7 Å². The van der Waals surface area contributed by atoms with Crippen molar-refractivity contribution < 1.29 is 18.3 Å². The van der Waals surface area contributed by atoms with Crippen molar-refractivity contribution in [2.24, 2.45) is 5.92 Å². The number of hydrogen-bond donors (Lipinski definition) is 4. The van der Waals surface area contributed by atoms with Gasteiger partial charge in [-0.3, -0.25) is 0 Å². The number of anilines is 1. The number of sulfonamides is 1. The van der Waals surface area contributed by atoms with Crippen molar-refractivity contribution in [2.75, 3.05) is 5.73 Å². The topological polar surface area (TPSA) is 165 Å². The van der Waals surface area contributed by atoms with E-state index >= 15 is 0 Å². The van der Waals surface area contributed by atoms with Crippen LogP contribution < -0.4 is 15.8 Å². The standard InChI is InChI=1S/C15H15ClN2O4S.C14H15N5/c16-13-5-1-12(2-6-13)10-18-23(21,22)14-7-3-11(4-8-14)9-17-15(19)20;1-4-5-8-19-9-16-12-13(15)17-11(18-14(12)19)7-6-10(2)3/h1-8,17-18H,9-10H2,(H,19,20);1,9-10H,5,8H2,2-3H3,(H2,15,17,18). The number of carboxylic acid groups (broad SMARTS) is 1. The molecule has 0 saturated heterocycles. The molecule has 0 saturated carbocycles. The molecule has 0 aliphatic heterocycles. The maximum absolute atomic E-state index is 12.2. The molecule has 1 amide bonds. The van der Waals surface area contributed by atoms with E-state index in [9.17, 15) is 13.2 Å². The van der Waals surface area contributed by atoms with Crippen molar-refractivity contribution in [3.05, 3.63) is 76.8 Å². The molecule has 42 heavy (non-hydrogen) atoms. The number of amides is 1. The van der Waals surface area contributed by atoms with Gasteiger partial charge in [0.15, 0.2) is 11.5 Å². The molecular weight excluding hydrogens is 578 g/mol. The quantitative estimate of drug-likeness (QED) is 0.218. The van der Waals surface area contributed by atoms with E-state index in [4.69, 9.17) is 28.9 Å². The van der Waals surface area contributed by atoms with Crippen LogP contribution in [0.3, 0.4) is 0 Å². The molecule has 2 aromatic carbocycles.